The Hall–Kier alpha value is -1.22. The van der Waals surface area contributed by atoms with Crippen molar-refractivity contribution in [2.75, 3.05) is 6.54 Å². The zero-order valence-electron chi connectivity index (χ0n) is 8.03. The van der Waals surface area contributed by atoms with Crippen LogP contribution in [0.2, 0.25) is 0 Å². The number of hydrogen-bond acceptors (Lipinski definition) is 3. The van der Waals surface area contributed by atoms with Gasteiger partial charge in [-0.2, -0.15) is 0 Å². The molecule has 0 amide bonds. The fourth-order valence-electron chi connectivity index (χ4n) is 2.14. The van der Waals surface area contributed by atoms with Crippen molar-refractivity contribution in [3.8, 4) is 11.5 Å². The lowest BCUT2D eigenvalue weighted by Gasteiger charge is -2.41. The van der Waals surface area contributed by atoms with E-state index in [0.29, 0.717) is 6.54 Å². The molecule has 1 aromatic carbocycles. The van der Waals surface area contributed by atoms with Crippen LogP contribution in [0.3, 0.4) is 0 Å². The van der Waals surface area contributed by atoms with E-state index >= 15 is 0 Å². The van der Waals surface area contributed by atoms with E-state index in [-0.39, 0.29) is 16.9 Å². The smallest absolute Gasteiger partial charge is 0.119 e. The molecule has 1 saturated carbocycles. The molecule has 0 radical (unpaired) electrons. The first kappa shape index (κ1) is 9.34. The minimum Gasteiger partial charge on any atom is -0.508 e. The summed E-state index contributed by atoms with van der Waals surface area (Å²) in [6.45, 7) is 0.532. The first-order valence-corrected chi connectivity index (χ1v) is 4.90. The number of hydrogen-bond donors (Lipinski definition) is 3. The van der Waals surface area contributed by atoms with Gasteiger partial charge in [0.2, 0.25) is 0 Å². The van der Waals surface area contributed by atoms with Crippen molar-refractivity contribution >= 4 is 0 Å². The molecule has 1 fully saturated rings. The molecule has 0 saturated heterocycles. The van der Waals surface area contributed by atoms with E-state index in [1.807, 2.05) is 0 Å². The van der Waals surface area contributed by atoms with Crippen LogP contribution in [-0.4, -0.2) is 16.8 Å². The second-order valence-electron chi connectivity index (χ2n) is 4.04. The summed E-state index contributed by atoms with van der Waals surface area (Å²) in [7, 11) is 0. The van der Waals surface area contributed by atoms with Gasteiger partial charge < -0.3 is 15.9 Å². The van der Waals surface area contributed by atoms with Crippen LogP contribution < -0.4 is 5.73 Å². The summed E-state index contributed by atoms with van der Waals surface area (Å²) in [6, 6.07) is 4.64. The highest BCUT2D eigenvalue weighted by atomic mass is 16.3. The maximum atomic E-state index is 9.70. The molecule has 0 heterocycles. The predicted molar refractivity (Wildman–Crippen MR) is 54.4 cm³/mol. The summed E-state index contributed by atoms with van der Waals surface area (Å²) in [4.78, 5) is 0. The Morgan fingerprint density at radius 1 is 1.29 bits per heavy atom. The maximum absolute atomic E-state index is 9.70. The molecule has 0 aromatic heterocycles. The van der Waals surface area contributed by atoms with Gasteiger partial charge >= 0.3 is 0 Å². The van der Waals surface area contributed by atoms with E-state index in [0.717, 1.165) is 24.8 Å². The molecule has 14 heavy (non-hydrogen) atoms. The summed E-state index contributed by atoms with van der Waals surface area (Å²) < 4.78 is 0. The lowest BCUT2D eigenvalue weighted by molar-refractivity contribution is 0.244. The van der Waals surface area contributed by atoms with Gasteiger partial charge in [0.1, 0.15) is 11.5 Å². The molecule has 0 spiro atoms. The van der Waals surface area contributed by atoms with Crippen molar-refractivity contribution in [1.82, 2.24) is 0 Å². The topological polar surface area (TPSA) is 66.5 Å². The van der Waals surface area contributed by atoms with Crippen LogP contribution in [-0.2, 0) is 5.41 Å². The van der Waals surface area contributed by atoms with Gasteiger partial charge in [0.05, 0.1) is 0 Å². The largest absolute Gasteiger partial charge is 0.508 e. The number of aromatic hydroxyl groups is 2. The van der Waals surface area contributed by atoms with Gasteiger partial charge in [-0.1, -0.05) is 6.42 Å². The van der Waals surface area contributed by atoms with Crippen molar-refractivity contribution in [1.29, 1.82) is 0 Å². The molecular weight excluding hydrogens is 178 g/mol. The van der Waals surface area contributed by atoms with Crippen LogP contribution in [0.15, 0.2) is 18.2 Å². The van der Waals surface area contributed by atoms with Crippen LogP contribution >= 0.6 is 0 Å². The number of nitrogens with two attached hydrogens (primary N) is 1. The normalized spacial score (nSPS) is 18.9. The van der Waals surface area contributed by atoms with E-state index < -0.39 is 0 Å². The average molecular weight is 193 g/mol. The molecule has 0 aliphatic heterocycles. The van der Waals surface area contributed by atoms with E-state index in [1.54, 1.807) is 6.07 Å². The predicted octanol–water partition coefficient (Wildman–Crippen LogP) is 1.48. The SMILES string of the molecule is NCC1(c2cc(O)ccc2O)CCC1. The van der Waals surface area contributed by atoms with Crippen LogP contribution in [0.25, 0.3) is 0 Å². The Morgan fingerprint density at radius 3 is 2.50 bits per heavy atom. The molecule has 1 aromatic rings. The van der Waals surface area contributed by atoms with Crippen molar-refractivity contribution in [2.45, 2.75) is 24.7 Å². The van der Waals surface area contributed by atoms with Crippen molar-refractivity contribution in [3.05, 3.63) is 23.8 Å². The van der Waals surface area contributed by atoms with Crippen LogP contribution in [0.1, 0.15) is 24.8 Å². The summed E-state index contributed by atoms with van der Waals surface area (Å²) in [5.41, 5.74) is 6.43. The first-order chi connectivity index (χ1) is 6.68. The maximum Gasteiger partial charge on any atom is 0.119 e. The molecule has 1 aliphatic carbocycles. The van der Waals surface area contributed by atoms with Crippen molar-refractivity contribution < 1.29 is 10.2 Å². The molecule has 2 rings (SSSR count). The molecule has 0 bridgehead atoms. The van der Waals surface area contributed by atoms with Gasteiger partial charge in [-0.15, -0.1) is 0 Å². The minimum atomic E-state index is -0.0944. The standard InChI is InChI=1S/C11H15NO2/c12-7-11(4-1-5-11)9-6-8(13)2-3-10(9)14/h2-3,6,13-14H,1,4-5,7,12H2. The molecule has 0 unspecified atom stereocenters. The van der Waals surface area contributed by atoms with Crippen LogP contribution in [0.5, 0.6) is 11.5 Å². The summed E-state index contributed by atoms with van der Waals surface area (Å²) in [5.74, 6) is 0.436. The monoisotopic (exact) mass is 193 g/mol. The van der Waals surface area contributed by atoms with Gasteiger partial charge in [-0.05, 0) is 31.0 Å². The summed E-state index contributed by atoms with van der Waals surface area (Å²) >= 11 is 0. The van der Waals surface area contributed by atoms with E-state index in [9.17, 15) is 10.2 Å². The zero-order chi connectivity index (χ0) is 10.2. The highest BCUT2D eigenvalue weighted by Crippen LogP contribution is 2.46. The van der Waals surface area contributed by atoms with Gasteiger partial charge in [-0.25, -0.2) is 0 Å². The zero-order valence-corrected chi connectivity index (χ0v) is 8.03. The van der Waals surface area contributed by atoms with Crippen molar-refractivity contribution in [2.24, 2.45) is 5.73 Å². The Kier molecular flexibility index (Phi) is 2.11. The van der Waals surface area contributed by atoms with Crippen LogP contribution in [0, 0.1) is 0 Å². The minimum absolute atomic E-state index is 0.0944. The molecular formula is C11H15NO2. The molecule has 0 atom stereocenters. The molecule has 1 aliphatic rings. The Balaban J connectivity index is 2.43. The number of phenols is 2. The second-order valence-corrected chi connectivity index (χ2v) is 4.04. The Bertz CT molecular complexity index is 340. The number of rotatable bonds is 2. The summed E-state index contributed by atoms with van der Waals surface area (Å²) in [6.07, 6.45) is 3.15. The highest BCUT2D eigenvalue weighted by molar-refractivity contribution is 5.45. The third-order valence-electron chi connectivity index (χ3n) is 3.25. The fourth-order valence-corrected chi connectivity index (χ4v) is 2.14. The quantitative estimate of drug-likeness (QED) is 0.623. The van der Waals surface area contributed by atoms with Gasteiger partial charge in [0.15, 0.2) is 0 Å². The molecule has 76 valence electrons. The Morgan fingerprint density at radius 2 is 2.00 bits per heavy atom. The van der Waals surface area contributed by atoms with Crippen molar-refractivity contribution in [3.63, 3.8) is 0 Å². The third kappa shape index (κ3) is 1.24. The first-order valence-electron chi connectivity index (χ1n) is 4.90. The van der Waals surface area contributed by atoms with E-state index in [1.165, 1.54) is 12.1 Å². The average Bonchev–Trinajstić information content (AvgIpc) is 2.10. The van der Waals surface area contributed by atoms with Crippen LogP contribution in [0.4, 0.5) is 0 Å². The molecule has 3 heteroatoms. The number of phenolic OH excluding ortho intramolecular Hbond substituents is 2. The van der Waals surface area contributed by atoms with Gasteiger partial charge in [0.25, 0.3) is 0 Å². The van der Waals surface area contributed by atoms with Gasteiger partial charge in [-0.3, -0.25) is 0 Å². The van der Waals surface area contributed by atoms with E-state index in [4.69, 9.17) is 5.73 Å². The molecule has 4 N–H and O–H groups in total. The highest BCUT2D eigenvalue weighted by Gasteiger charge is 2.39. The fraction of sp³-hybridized carbons (Fsp3) is 0.455. The second kappa shape index (κ2) is 3.17. The Labute approximate surface area is 83.2 Å². The molecule has 3 nitrogen and oxygen atoms in total. The van der Waals surface area contributed by atoms with E-state index in [2.05, 4.69) is 0 Å². The lowest BCUT2D eigenvalue weighted by atomic mass is 9.64. The number of benzene rings is 1. The van der Waals surface area contributed by atoms with Gasteiger partial charge in [0, 0.05) is 17.5 Å². The summed E-state index contributed by atoms with van der Waals surface area (Å²) in [5, 5.41) is 19.1. The lowest BCUT2D eigenvalue weighted by Crippen LogP contribution is -2.41. The third-order valence-corrected chi connectivity index (χ3v) is 3.25.